The van der Waals surface area contributed by atoms with Crippen molar-refractivity contribution in [2.75, 3.05) is 0 Å². The number of hydrogen-bond acceptors (Lipinski definition) is 2. The van der Waals surface area contributed by atoms with E-state index in [1.165, 1.54) is 17.7 Å². The summed E-state index contributed by atoms with van der Waals surface area (Å²) in [5.74, 6) is 1.05. The zero-order valence-electron chi connectivity index (χ0n) is 8.75. The Morgan fingerprint density at radius 1 is 1.36 bits per heavy atom. The largest absolute Gasteiger partial charge is 0.475 e. The van der Waals surface area contributed by atoms with Crippen molar-refractivity contribution in [2.45, 2.75) is 42.9 Å². The van der Waals surface area contributed by atoms with Crippen LogP contribution in [0.4, 0.5) is 0 Å². The minimum absolute atomic E-state index is 0.0281. The van der Waals surface area contributed by atoms with Crippen LogP contribution < -0.4 is 4.74 Å². The van der Waals surface area contributed by atoms with E-state index in [9.17, 15) is 0 Å². The minimum Gasteiger partial charge on any atom is -0.475 e. The summed E-state index contributed by atoms with van der Waals surface area (Å²) in [6.45, 7) is 4.41. The maximum atomic E-state index is 5.96. The van der Waals surface area contributed by atoms with Crippen molar-refractivity contribution >= 4 is 11.8 Å². The van der Waals surface area contributed by atoms with Crippen molar-refractivity contribution in [3.05, 3.63) is 24.3 Å². The lowest BCUT2D eigenvalue weighted by Crippen LogP contribution is -2.23. The molecular formula is C12H16OS. The Morgan fingerprint density at radius 3 is 2.86 bits per heavy atom. The van der Waals surface area contributed by atoms with Gasteiger partial charge in [-0.3, -0.25) is 0 Å². The Kier molecular flexibility index (Phi) is 2.73. The number of thioether (sulfide) groups is 1. The van der Waals surface area contributed by atoms with E-state index in [1.807, 2.05) is 17.8 Å². The van der Waals surface area contributed by atoms with E-state index < -0.39 is 0 Å². The van der Waals surface area contributed by atoms with Gasteiger partial charge in [0.2, 0.25) is 0 Å². The zero-order valence-corrected chi connectivity index (χ0v) is 9.56. The summed E-state index contributed by atoms with van der Waals surface area (Å²) in [4.78, 5) is 1.26. The average Bonchev–Trinajstić information content (AvgIpc) is 2.51. The van der Waals surface area contributed by atoms with Gasteiger partial charge in [0.25, 0.3) is 0 Å². The first-order chi connectivity index (χ1) is 6.73. The van der Waals surface area contributed by atoms with Crippen molar-refractivity contribution in [2.24, 2.45) is 0 Å². The number of fused-ring (bicyclic) bond motifs is 1. The summed E-state index contributed by atoms with van der Waals surface area (Å²) < 4.78 is 5.96. The SMILES string of the molecule is CCCCC1(C)Oc2ccccc2S1. The molecule has 1 aromatic carbocycles. The molecule has 1 nitrogen and oxygen atoms in total. The number of para-hydroxylation sites is 1. The molecule has 14 heavy (non-hydrogen) atoms. The van der Waals surface area contributed by atoms with Gasteiger partial charge in [-0.05, 0) is 31.9 Å². The normalized spacial score (nSPS) is 24.4. The van der Waals surface area contributed by atoms with Gasteiger partial charge in [-0.15, -0.1) is 0 Å². The van der Waals surface area contributed by atoms with Gasteiger partial charge in [-0.2, -0.15) is 0 Å². The van der Waals surface area contributed by atoms with E-state index in [4.69, 9.17) is 4.74 Å². The first kappa shape index (κ1) is 9.91. The fourth-order valence-electron chi connectivity index (χ4n) is 1.70. The highest BCUT2D eigenvalue weighted by molar-refractivity contribution is 8.00. The first-order valence-corrected chi connectivity index (χ1v) is 6.02. The lowest BCUT2D eigenvalue weighted by Gasteiger charge is -2.22. The smallest absolute Gasteiger partial charge is 0.156 e. The zero-order chi connectivity index (χ0) is 10.0. The predicted molar refractivity (Wildman–Crippen MR) is 60.9 cm³/mol. The Hall–Kier alpha value is -0.630. The molecule has 0 saturated carbocycles. The number of benzene rings is 1. The molecular weight excluding hydrogens is 192 g/mol. The van der Waals surface area contributed by atoms with Gasteiger partial charge in [0.05, 0.1) is 4.90 Å². The highest BCUT2D eigenvalue weighted by Crippen LogP contribution is 2.49. The fourth-order valence-corrected chi connectivity index (χ4v) is 2.90. The second kappa shape index (κ2) is 3.85. The van der Waals surface area contributed by atoms with Crippen molar-refractivity contribution < 1.29 is 4.74 Å². The Balaban J connectivity index is 2.09. The average molecular weight is 208 g/mol. The first-order valence-electron chi connectivity index (χ1n) is 5.20. The second-order valence-corrected chi connectivity index (χ2v) is 5.40. The standard InChI is InChI=1S/C12H16OS/c1-3-4-9-12(2)13-10-7-5-6-8-11(10)14-12/h5-8H,3-4,9H2,1-2H3. The summed E-state index contributed by atoms with van der Waals surface area (Å²) in [7, 11) is 0. The maximum Gasteiger partial charge on any atom is 0.156 e. The van der Waals surface area contributed by atoms with Gasteiger partial charge in [0.15, 0.2) is 4.93 Å². The summed E-state index contributed by atoms with van der Waals surface area (Å²) >= 11 is 1.86. The van der Waals surface area contributed by atoms with Crippen LogP contribution in [-0.4, -0.2) is 4.93 Å². The monoisotopic (exact) mass is 208 g/mol. The number of unbranched alkanes of at least 4 members (excludes halogenated alkanes) is 1. The van der Waals surface area contributed by atoms with Crippen LogP contribution in [0.2, 0.25) is 0 Å². The van der Waals surface area contributed by atoms with E-state index in [2.05, 4.69) is 32.0 Å². The Morgan fingerprint density at radius 2 is 2.14 bits per heavy atom. The molecule has 1 aliphatic rings. The fraction of sp³-hybridized carbons (Fsp3) is 0.500. The predicted octanol–water partition coefficient (Wildman–Crippen LogP) is 4.08. The van der Waals surface area contributed by atoms with Crippen LogP contribution in [0, 0.1) is 0 Å². The van der Waals surface area contributed by atoms with E-state index in [1.54, 1.807) is 0 Å². The quantitative estimate of drug-likeness (QED) is 0.740. The van der Waals surface area contributed by atoms with Crippen molar-refractivity contribution in [1.29, 1.82) is 0 Å². The number of rotatable bonds is 3. The molecule has 0 amide bonds. The lowest BCUT2D eigenvalue weighted by molar-refractivity contribution is 0.179. The molecule has 1 aromatic rings. The molecule has 0 fully saturated rings. The van der Waals surface area contributed by atoms with Gasteiger partial charge in [0, 0.05) is 0 Å². The minimum atomic E-state index is -0.0281. The summed E-state index contributed by atoms with van der Waals surface area (Å²) in [5.41, 5.74) is 0. The third-order valence-electron chi connectivity index (χ3n) is 2.49. The van der Waals surface area contributed by atoms with Crippen LogP contribution in [0.3, 0.4) is 0 Å². The number of hydrogen-bond donors (Lipinski definition) is 0. The van der Waals surface area contributed by atoms with Crippen molar-refractivity contribution in [1.82, 2.24) is 0 Å². The molecule has 0 aliphatic carbocycles. The lowest BCUT2D eigenvalue weighted by atomic mass is 10.2. The Bertz CT molecular complexity index is 297. The van der Waals surface area contributed by atoms with Crippen LogP contribution in [-0.2, 0) is 0 Å². The molecule has 0 N–H and O–H groups in total. The maximum absolute atomic E-state index is 5.96. The summed E-state index contributed by atoms with van der Waals surface area (Å²) in [5, 5.41) is 0. The molecule has 1 unspecified atom stereocenters. The third-order valence-corrected chi connectivity index (χ3v) is 3.76. The highest BCUT2D eigenvalue weighted by atomic mass is 32.2. The van der Waals surface area contributed by atoms with Crippen molar-refractivity contribution in [3.63, 3.8) is 0 Å². The van der Waals surface area contributed by atoms with Crippen LogP contribution in [0.15, 0.2) is 29.2 Å². The molecule has 0 radical (unpaired) electrons. The third kappa shape index (κ3) is 1.90. The van der Waals surface area contributed by atoms with Crippen LogP contribution in [0.25, 0.3) is 0 Å². The summed E-state index contributed by atoms with van der Waals surface area (Å²) in [6.07, 6.45) is 3.59. The molecule has 0 saturated heterocycles. The molecule has 1 atom stereocenters. The van der Waals surface area contributed by atoms with Gasteiger partial charge < -0.3 is 4.74 Å². The van der Waals surface area contributed by atoms with Crippen LogP contribution in [0.1, 0.15) is 33.1 Å². The molecule has 0 bridgehead atoms. The van der Waals surface area contributed by atoms with Gasteiger partial charge >= 0.3 is 0 Å². The Labute approximate surface area is 89.9 Å². The van der Waals surface area contributed by atoms with Crippen molar-refractivity contribution in [3.8, 4) is 5.75 Å². The molecule has 2 heteroatoms. The summed E-state index contributed by atoms with van der Waals surface area (Å²) in [6, 6.07) is 8.29. The molecule has 1 aliphatic heterocycles. The van der Waals surface area contributed by atoms with Gasteiger partial charge in [-0.25, -0.2) is 0 Å². The number of ether oxygens (including phenoxy) is 1. The second-order valence-electron chi connectivity index (χ2n) is 3.89. The van der Waals surface area contributed by atoms with E-state index in [0.29, 0.717) is 0 Å². The van der Waals surface area contributed by atoms with E-state index >= 15 is 0 Å². The van der Waals surface area contributed by atoms with Gasteiger partial charge in [-0.1, -0.05) is 37.2 Å². The molecule has 76 valence electrons. The van der Waals surface area contributed by atoms with Gasteiger partial charge in [0.1, 0.15) is 5.75 Å². The van der Waals surface area contributed by atoms with Crippen LogP contribution >= 0.6 is 11.8 Å². The van der Waals surface area contributed by atoms with Crippen LogP contribution in [0.5, 0.6) is 5.75 Å². The molecule has 2 rings (SSSR count). The molecule has 0 aromatic heterocycles. The van der Waals surface area contributed by atoms with E-state index in [-0.39, 0.29) is 4.93 Å². The van der Waals surface area contributed by atoms with E-state index in [0.717, 1.165) is 12.2 Å². The molecule has 0 spiro atoms. The topological polar surface area (TPSA) is 9.23 Å². The highest BCUT2D eigenvalue weighted by Gasteiger charge is 2.34. The molecule has 1 heterocycles.